The summed E-state index contributed by atoms with van der Waals surface area (Å²) in [6.45, 7) is 13.3. The topological polar surface area (TPSA) is 163 Å². The van der Waals surface area contributed by atoms with Crippen LogP contribution in [0, 0.1) is 27.7 Å². The van der Waals surface area contributed by atoms with Crippen molar-refractivity contribution in [1.82, 2.24) is 29.0 Å². The van der Waals surface area contributed by atoms with Crippen molar-refractivity contribution in [3.05, 3.63) is 70.3 Å². The van der Waals surface area contributed by atoms with Crippen LogP contribution in [0.15, 0.2) is 56.5 Å². The van der Waals surface area contributed by atoms with Gasteiger partial charge in [-0.05, 0) is 88.8 Å². The lowest BCUT2D eigenvalue weighted by Gasteiger charge is -2.34. The second-order valence-electron chi connectivity index (χ2n) is 15.1. The maximum Gasteiger partial charge on any atom is 0.243 e. The number of sulfonamides is 2. The number of aromatic nitrogens is 1. The number of amides is 2. The van der Waals surface area contributed by atoms with Crippen molar-refractivity contribution >= 4 is 37.4 Å². The average Bonchev–Trinajstić information content (AvgIpc) is 3.70. The van der Waals surface area contributed by atoms with Gasteiger partial charge in [-0.15, -0.1) is 5.48 Å². The van der Waals surface area contributed by atoms with Gasteiger partial charge in [0.25, 0.3) is 0 Å². The van der Waals surface area contributed by atoms with Gasteiger partial charge in [0.1, 0.15) is 11.5 Å². The van der Waals surface area contributed by atoms with Gasteiger partial charge in [0.2, 0.25) is 31.9 Å². The third-order valence-corrected chi connectivity index (χ3v) is 15.2. The zero-order chi connectivity index (χ0) is 40.4. The second kappa shape index (κ2) is 17.2. The molecule has 0 radical (unpaired) electrons. The minimum Gasteiger partial charge on any atom is -0.413 e. The number of hydrogen-bond donors (Lipinski definition) is 1. The molecule has 2 saturated heterocycles. The predicted molar refractivity (Wildman–Crippen MR) is 212 cm³/mol. The number of allylic oxidation sites excluding steroid dienone is 1. The standard InChI is InChI=1S/C40H54N6O8S2/c1-27-13-15-33(39-29(3)41-53-31(39)5)25-35(27)55(49,50)45-21-17-43(18-22-45)37(47)11-9-7-8-10-12-38(48)44-19-23-46(24-20-44)56(51,52)36-26-34(16-14-28(36)2)40-30(4)42-54-32(40)6/h13-16,25-26,29,41H,7-12,17-24H2,1-6H3. The minimum atomic E-state index is -3.78. The summed E-state index contributed by atoms with van der Waals surface area (Å²) < 4.78 is 63.1. The normalized spacial score (nSPS) is 18.8. The van der Waals surface area contributed by atoms with E-state index in [0.29, 0.717) is 74.4 Å². The van der Waals surface area contributed by atoms with E-state index >= 15 is 0 Å². The maximum absolute atomic E-state index is 13.7. The van der Waals surface area contributed by atoms with Crippen LogP contribution in [0.2, 0.25) is 0 Å². The molecule has 1 aromatic heterocycles. The first kappa shape index (κ1) is 41.5. The van der Waals surface area contributed by atoms with E-state index in [1.807, 2.05) is 39.0 Å². The SMILES string of the molecule is CC1=C(c2ccc(C)c(S(=O)(=O)N3CCN(C(=O)CCCCCCC(=O)N4CCN(S(=O)(=O)c5cc(-c6c(C)noc6C)ccc5C)CC4)CC3)c2)C(C)NO1. The molecule has 0 aliphatic carbocycles. The summed E-state index contributed by atoms with van der Waals surface area (Å²) in [6.07, 6.45) is 3.74. The molecule has 2 aromatic carbocycles. The van der Waals surface area contributed by atoms with E-state index in [-0.39, 0.29) is 53.8 Å². The minimum absolute atomic E-state index is 0.00998. The highest BCUT2D eigenvalue weighted by Crippen LogP contribution is 2.33. The smallest absolute Gasteiger partial charge is 0.243 e. The highest BCUT2D eigenvalue weighted by molar-refractivity contribution is 7.89. The van der Waals surface area contributed by atoms with Crippen LogP contribution in [-0.4, -0.2) is 111 Å². The van der Waals surface area contributed by atoms with E-state index in [0.717, 1.165) is 40.9 Å². The molecule has 14 nitrogen and oxygen atoms in total. The zero-order valence-electron chi connectivity index (χ0n) is 33.3. The number of carbonyl (C=O) groups excluding carboxylic acids is 2. The lowest BCUT2D eigenvalue weighted by molar-refractivity contribution is -0.133. The van der Waals surface area contributed by atoms with Crippen molar-refractivity contribution < 1.29 is 35.8 Å². The number of piperazine rings is 2. The van der Waals surface area contributed by atoms with E-state index in [4.69, 9.17) is 9.36 Å². The van der Waals surface area contributed by atoms with Crippen molar-refractivity contribution in [2.45, 2.75) is 95.9 Å². The first-order valence-corrected chi connectivity index (χ1v) is 22.3. The van der Waals surface area contributed by atoms with Gasteiger partial charge in [0, 0.05) is 76.3 Å². The van der Waals surface area contributed by atoms with Crippen molar-refractivity contribution in [3.63, 3.8) is 0 Å². The Morgan fingerprint density at radius 2 is 1.16 bits per heavy atom. The largest absolute Gasteiger partial charge is 0.413 e. The molecule has 2 amide bonds. The molecule has 1 N–H and O–H groups in total. The summed E-state index contributed by atoms with van der Waals surface area (Å²) >= 11 is 0. The van der Waals surface area contributed by atoms with Gasteiger partial charge in [-0.1, -0.05) is 42.3 Å². The maximum atomic E-state index is 13.7. The van der Waals surface area contributed by atoms with Crippen LogP contribution in [0.3, 0.4) is 0 Å². The molecule has 304 valence electrons. The van der Waals surface area contributed by atoms with E-state index in [9.17, 15) is 26.4 Å². The lowest BCUT2D eigenvalue weighted by atomic mass is 9.99. The highest BCUT2D eigenvalue weighted by atomic mass is 32.2. The quantitative estimate of drug-likeness (QED) is 0.234. The first-order valence-electron chi connectivity index (χ1n) is 19.4. The van der Waals surface area contributed by atoms with Crippen LogP contribution in [0.25, 0.3) is 16.7 Å². The summed E-state index contributed by atoms with van der Waals surface area (Å²) in [5.41, 5.74) is 8.19. The molecular formula is C40H54N6O8S2. The Morgan fingerprint density at radius 1 is 0.696 bits per heavy atom. The van der Waals surface area contributed by atoms with Crippen molar-refractivity contribution in [3.8, 4) is 11.1 Å². The van der Waals surface area contributed by atoms with Crippen molar-refractivity contribution in [2.75, 3.05) is 52.4 Å². The Bertz CT molecular complexity index is 2180. The number of aryl methyl sites for hydroxylation is 4. The Balaban J connectivity index is 0.898. The molecule has 0 spiro atoms. The summed E-state index contributed by atoms with van der Waals surface area (Å²) in [5.74, 6) is 1.37. The monoisotopic (exact) mass is 810 g/mol. The van der Waals surface area contributed by atoms with Gasteiger partial charge >= 0.3 is 0 Å². The molecule has 0 saturated carbocycles. The summed E-state index contributed by atoms with van der Waals surface area (Å²) in [6, 6.07) is 10.8. The molecule has 1 atom stereocenters. The summed E-state index contributed by atoms with van der Waals surface area (Å²) in [4.78, 5) is 35.5. The number of unbranched alkanes of at least 4 members (excludes halogenated alkanes) is 3. The third-order valence-electron chi connectivity index (χ3n) is 11.2. The second-order valence-corrected chi connectivity index (χ2v) is 18.9. The van der Waals surface area contributed by atoms with Crippen LogP contribution in [0.5, 0.6) is 0 Å². The number of rotatable bonds is 13. The van der Waals surface area contributed by atoms with Crippen molar-refractivity contribution in [2.24, 2.45) is 0 Å². The van der Waals surface area contributed by atoms with E-state index in [1.54, 1.807) is 48.8 Å². The molecule has 1 unspecified atom stereocenters. The summed E-state index contributed by atoms with van der Waals surface area (Å²) in [5, 5.41) is 4.00. The molecule has 2 fully saturated rings. The van der Waals surface area contributed by atoms with Gasteiger partial charge in [-0.25, -0.2) is 16.8 Å². The molecule has 56 heavy (non-hydrogen) atoms. The van der Waals surface area contributed by atoms with Crippen molar-refractivity contribution in [1.29, 1.82) is 0 Å². The Labute approximate surface area is 330 Å². The fourth-order valence-corrected chi connectivity index (χ4v) is 11.2. The third kappa shape index (κ3) is 8.74. The van der Waals surface area contributed by atoms with E-state index in [1.165, 1.54) is 8.61 Å². The fraction of sp³-hybridized carbons (Fsp3) is 0.525. The molecule has 4 heterocycles. The number of nitrogens with zero attached hydrogens (tertiary/aromatic N) is 5. The van der Waals surface area contributed by atoms with E-state index in [2.05, 4.69) is 10.6 Å². The Hall–Kier alpha value is -4.09. The van der Waals surface area contributed by atoms with Crippen LogP contribution in [-0.2, 0) is 34.5 Å². The molecule has 6 rings (SSSR count). The van der Waals surface area contributed by atoms with Gasteiger partial charge in [-0.3, -0.25) is 9.59 Å². The Kier molecular flexibility index (Phi) is 12.7. The zero-order valence-corrected chi connectivity index (χ0v) is 34.9. The van der Waals surface area contributed by atoms with Crippen LogP contribution < -0.4 is 5.48 Å². The molecule has 16 heteroatoms. The molecule has 3 aliphatic rings. The molecule has 3 aliphatic heterocycles. The number of hydroxylamine groups is 1. The number of benzene rings is 2. The predicted octanol–water partition coefficient (Wildman–Crippen LogP) is 4.94. The number of carbonyl (C=O) groups is 2. The highest BCUT2D eigenvalue weighted by Gasteiger charge is 2.34. The first-order chi connectivity index (χ1) is 26.6. The molecule has 3 aromatic rings. The van der Waals surface area contributed by atoms with Gasteiger partial charge < -0.3 is 19.2 Å². The molecular weight excluding hydrogens is 757 g/mol. The molecule has 0 bridgehead atoms. The fourth-order valence-electron chi connectivity index (χ4n) is 7.88. The lowest BCUT2D eigenvalue weighted by Crippen LogP contribution is -2.50. The van der Waals surface area contributed by atoms with Crippen LogP contribution in [0.1, 0.15) is 80.5 Å². The van der Waals surface area contributed by atoms with Gasteiger partial charge in [-0.2, -0.15) is 8.61 Å². The average molecular weight is 811 g/mol. The summed E-state index contributed by atoms with van der Waals surface area (Å²) in [7, 11) is -7.53. The van der Waals surface area contributed by atoms with Gasteiger partial charge in [0.15, 0.2) is 0 Å². The van der Waals surface area contributed by atoms with Crippen LogP contribution in [0.4, 0.5) is 0 Å². The number of nitrogens with one attached hydrogen (secondary N) is 1. The van der Waals surface area contributed by atoms with E-state index < -0.39 is 20.0 Å². The Morgan fingerprint density at radius 3 is 1.59 bits per heavy atom. The van der Waals surface area contributed by atoms with Gasteiger partial charge in [0.05, 0.1) is 21.5 Å². The number of hydrogen-bond acceptors (Lipinski definition) is 10. The van der Waals surface area contributed by atoms with Crippen LogP contribution >= 0.6 is 0 Å².